The Morgan fingerprint density at radius 2 is 2.14 bits per heavy atom. The Kier molecular flexibility index (Phi) is 4.35. The molecule has 3 heterocycles. The van der Waals surface area contributed by atoms with Gasteiger partial charge in [0.25, 0.3) is 0 Å². The second-order valence-corrected chi connectivity index (χ2v) is 5.99. The number of urea groups is 1. The normalized spacial score (nSPS) is 14.2. The number of hydrogen-bond acceptors (Lipinski definition) is 4. The molecule has 0 unspecified atom stereocenters. The molecule has 0 atom stereocenters. The Balaban J connectivity index is 1.62. The molecule has 1 fully saturated rings. The molecule has 0 spiro atoms. The molecule has 2 aromatic heterocycles. The molecule has 2 aromatic rings. The molecule has 0 radical (unpaired) electrons. The minimum atomic E-state index is -0.197. The summed E-state index contributed by atoms with van der Waals surface area (Å²) in [5, 5.41) is 7.77. The van der Waals surface area contributed by atoms with Crippen LogP contribution in [-0.4, -0.2) is 24.1 Å². The van der Waals surface area contributed by atoms with E-state index < -0.39 is 0 Å². The molecular formula is C15H18N4OS. The summed E-state index contributed by atoms with van der Waals surface area (Å²) in [7, 11) is 0. The predicted molar refractivity (Wildman–Crippen MR) is 85.9 cm³/mol. The number of amides is 2. The molecule has 5 nitrogen and oxygen atoms in total. The summed E-state index contributed by atoms with van der Waals surface area (Å²) in [6, 6.07) is 7.52. The van der Waals surface area contributed by atoms with Gasteiger partial charge in [0.05, 0.1) is 12.2 Å². The van der Waals surface area contributed by atoms with Crippen molar-refractivity contribution in [3.8, 4) is 0 Å². The van der Waals surface area contributed by atoms with Crippen molar-refractivity contribution in [3.05, 3.63) is 40.7 Å². The van der Waals surface area contributed by atoms with E-state index in [-0.39, 0.29) is 6.03 Å². The first-order valence-electron chi connectivity index (χ1n) is 7.10. The Hall–Kier alpha value is -2.08. The third-order valence-electron chi connectivity index (χ3n) is 3.44. The highest BCUT2D eigenvalue weighted by atomic mass is 32.1. The summed E-state index contributed by atoms with van der Waals surface area (Å²) >= 11 is 1.63. The molecule has 21 heavy (non-hydrogen) atoms. The van der Waals surface area contributed by atoms with Gasteiger partial charge in [-0.25, -0.2) is 9.78 Å². The first kappa shape index (κ1) is 13.9. The SMILES string of the molecule is O=C(NCc1cccs1)Nc1cccnc1N1CCCC1. The maximum Gasteiger partial charge on any atom is 0.319 e. The van der Waals surface area contributed by atoms with E-state index >= 15 is 0 Å². The minimum Gasteiger partial charge on any atom is -0.355 e. The van der Waals surface area contributed by atoms with Gasteiger partial charge >= 0.3 is 6.03 Å². The van der Waals surface area contributed by atoms with Crippen LogP contribution >= 0.6 is 11.3 Å². The van der Waals surface area contributed by atoms with Crippen molar-refractivity contribution in [1.82, 2.24) is 10.3 Å². The molecule has 110 valence electrons. The van der Waals surface area contributed by atoms with Crippen LogP contribution in [0.25, 0.3) is 0 Å². The molecule has 0 aromatic carbocycles. The van der Waals surface area contributed by atoms with Gasteiger partial charge in [0, 0.05) is 24.2 Å². The van der Waals surface area contributed by atoms with E-state index in [0.29, 0.717) is 6.54 Å². The lowest BCUT2D eigenvalue weighted by Crippen LogP contribution is -2.29. The average Bonchev–Trinajstić information content (AvgIpc) is 3.19. The average molecular weight is 302 g/mol. The third kappa shape index (κ3) is 3.52. The molecule has 2 N–H and O–H groups in total. The summed E-state index contributed by atoms with van der Waals surface area (Å²) < 4.78 is 0. The highest BCUT2D eigenvalue weighted by Crippen LogP contribution is 2.25. The van der Waals surface area contributed by atoms with E-state index in [9.17, 15) is 4.79 Å². The maximum absolute atomic E-state index is 12.0. The molecule has 1 aliphatic heterocycles. The number of nitrogens with one attached hydrogen (secondary N) is 2. The highest BCUT2D eigenvalue weighted by Gasteiger charge is 2.17. The lowest BCUT2D eigenvalue weighted by molar-refractivity contribution is 0.252. The summed E-state index contributed by atoms with van der Waals surface area (Å²) in [6.45, 7) is 2.55. The Bertz CT molecular complexity index is 593. The number of anilines is 2. The number of aromatic nitrogens is 1. The number of pyridine rings is 1. The largest absolute Gasteiger partial charge is 0.355 e. The summed E-state index contributed by atoms with van der Waals surface area (Å²) in [5.41, 5.74) is 0.767. The summed E-state index contributed by atoms with van der Waals surface area (Å²) in [5.74, 6) is 0.862. The minimum absolute atomic E-state index is 0.197. The second-order valence-electron chi connectivity index (χ2n) is 4.96. The van der Waals surface area contributed by atoms with Crippen molar-refractivity contribution in [2.75, 3.05) is 23.3 Å². The van der Waals surface area contributed by atoms with E-state index in [1.807, 2.05) is 29.6 Å². The number of carbonyl (C=O) groups is 1. The lowest BCUT2D eigenvalue weighted by Gasteiger charge is -2.20. The van der Waals surface area contributed by atoms with Crippen molar-refractivity contribution in [2.45, 2.75) is 19.4 Å². The number of thiophene rings is 1. The molecule has 6 heteroatoms. The zero-order valence-electron chi connectivity index (χ0n) is 11.7. The lowest BCUT2D eigenvalue weighted by atomic mass is 10.3. The topological polar surface area (TPSA) is 57.3 Å². The molecule has 2 amide bonds. The zero-order chi connectivity index (χ0) is 14.5. The predicted octanol–water partition coefficient (Wildman–Crippen LogP) is 3.07. The summed E-state index contributed by atoms with van der Waals surface area (Å²) in [6.07, 6.45) is 4.13. The third-order valence-corrected chi connectivity index (χ3v) is 4.32. The van der Waals surface area contributed by atoms with Crippen LogP contribution in [-0.2, 0) is 6.54 Å². The van der Waals surface area contributed by atoms with Crippen molar-refractivity contribution in [2.24, 2.45) is 0 Å². The molecular weight excluding hydrogens is 284 g/mol. The zero-order valence-corrected chi connectivity index (χ0v) is 12.5. The Morgan fingerprint density at radius 3 is 2.90 bits per heavy atom. The van der Waals surface area contributed by atoms with Crippen LogP contribution in [0.2, 0.25) is 0 Å². The van der Waals surface area contributed by atoms with Gasteiger partial charge in [-0.15, -0.1) is 11.3 Å². The quantitative estimate of drug-likeness (QED) is 0.912. The monoisotopic (exact) mass is 302 g/mol. The maximum atomic E-state index is 12.0. The molecule has 1 saturated heterocycles. The van der Waals surface area contributed by atoms with Gasteiger partial charge in [-0.1, -0.05) is 6.07 Å². The van der Waals surface area contributed by atoms with Crippen LogP contribution in [0.3, 0.4) is 0 Å². The van der Waals surface area contributed by atoms with Gasteiger partial charge in [0.1, 0.15) is 0 Å². The number of rotatable bonds is 4. The van der Waals surface area contributed by atoms with Gasteiger partial charge in [-0.05, 0) is 36.4 Å². The fourth-order valence-electron chi connectivity index (χ4n) is 2.42. The molecule has 0 bridgehead atoms. The van der Waals surface area contributed by atoms with Crippen molar-refractivity contribution in [1.29, 1.82) is 0 Å². The van der Waals surface area contributed by atoms with E-state index in [0.717, 1.165) is 29.5 Å². The number of hydrogen-bond donors (Lipinski definition) is 2. The molecule has 0 aliphatic carbocycles. The van der Waals surface area contributed by atoms with Gasteiger partial charge in [0.15, 0.2) is 5.82 Å². The first-order chi connectivity index (χ1) is 10.3. The van der Waals surface area contributed by atoms with Gasteiger partial charge in [0.2, 0.25) is 0 Å². The van der Waals surface area contributed by atoms with Crippen LogP contribution < -0.4 is 15.5 Å². The Morgan fingerprint density at radius 1 is 1.29 bits per heavy atom. The highest BCUT2D eigenvalue weighted by molar-refractivity contribution is 7.09. The number of carbonyl (C=O) groups excluding carboxylic acids is 1. The number of nitrogens with zero attached hydrogens (tertiary/aromatic N) is 2. The second kappa shape index (κ2) is 6.58. The van der Waals surface area contributed by atoms with Crippen LogP contribution in [0, 0.1) is 0 Å². The standard InChI is InChI=1S/C15H18N4OS/c20-15(17-11-12-5-4-10-21-12)18-13-6-3-7-16-14(13)19-8-1-2-9-19/h3-7,10H,1-2,8-9,11H2,(H2,17,18,20). The van der Waals surface area contributed by atoms with Crippen LogP contribution in [0.15, 0.2) is 35.8 Å². The summed E-state index contributed by atoms with van der Waals surface area (Å²) in [4.78, 5) is 19.8. The van der Waals surface area contributed by atoms with E-state index in [4.69, 9.17) is 0 Å². The van der Waals surface area contributed by atoms with Crippen LogP contribution in [0.1, 0.15) is 17.7 Å². The smallest absolute Gasteiger partial charge is 0.319 e. The molecule has 1 aliphatic rings. The van der Waals surface area contributed by atoms with Crippen LogP contribution in [0.5, 0.6) is 0 Å². The van der Waals surface area contributed by atoms with Gasteiger partial charge in [-0.2, -0.15) is 0 Å². The fourth-order valence-corrected chi connectivity index (χ4v) is 3.07. The van der Waals surface area contributed by atoms with Crippen molar-refractivity contribution < 1.29 is 4.79 Å². The van der Waals surface area contributed by atoms with Crippen molar-refractivity contribution >= 4 is 28.9 Å². The van der Waals surface area contributed by atoms with Crippen LogP contribution in [0.4, 0.5) is 16.3 Å². The first-order valence-corrected chi connectivity index (χ1v) is 7.98. The Labute approximate surface area is 128 Å². The fraction of sp³-hybridized carbons (Fsp3) is 0.333. The molecule has 3 rings (SSSR count). The van der Waals surface area contributed by atoms with E-state index in [1.165, 1.54) is 12.8 Å². The van der Waals surface area contributed by atoms with E-state index in [2.05, 4.69) is 20.5 Å². The molecule has 0 saturated carbocycles. The van der Waals surface area contributed by atoms with Gasteiger partial charge in [-0.3, -0.25) is 0 Å². The van der Waals surface area contributed by atoms with E-state index in [1.54, 1.807) is 17.5 Å². The van der Waals surface area contributed by atoms with Gasteiger partial charge < -0.3 is 15.5 Å². The van der Waals surface area contributed by atoms with Crippen molar-refractivity contribution in [3.63, 3.8) is 0 Å².